The van der Waals surface area contributed by atoms with Crippen molar-refractivity contribution in [1.82, 2.24) is 30.2 Å². The van der Waals surface area contributed by atoms with Crippen LogP contribution in [0.1, 0.15) is 44.6 Å². The number of imidazole rings is 1. The number of carbonyl (C=O) groups excluding carboxylic acids is 1. The second kappa shape index (κ2) is 11.8. The van der Waals surface area contributed by atoms with Gasteiger partial charge in [-0.1, -0.05) is 18.1 Å². The summed E-state index contributed by atoms with van der Waals surface area (Å²) in [6.45, 7) is 5.53. The maximum absolute atomic E-state index is 14.4. The normalized spacial score (nSPS) is 12.6. The summed E-state index contributed by atoms with van der Waals surface area (Å²) in [6, 6.07) is 6.71. The van der Waals surface area contributed by atoms with Crippen molar-refractivity contribution in [3.05, 3.63) is 77.8 Å². The van der Waals surface area contributed by atoms with Crippen LogP contribution in [0.2, 0.25) is 0 Å². The monoisotopic (exact) mass is 600 g/mol. The highest BCUT2D eigenvalue weighted by Crippen LogP contribution is 2.40. The standard InChI is InChI=1S/C29H25F5N6O3/c1-4-10-42-16-8-9-17(19(11-16)29(32,33)34)21-12-24(43-39-21)26(28(41)36-15(2)3)40-14-23-22(13-35-40)37-27(38-23)18-6-5-7-20(30)25(18)31/h5-9,11-15,26H,4,10H2,1-3H3,(H,36,41). The van der Waals surface area contributed by atoms with Crippen LogP contribution in [-0.2, 0) is 11.0 Å². The number of hydrogen-bond donors (Lipinski definition) is 1. The second-order valence-corrected chi connectivity index (χ2v) is 9.91. The number of hydrogen-bond acceptors (Lipinski definition) is 7. The molecule has 2 aromatic carbocycles. The summed E-state index contributed by atoms with van der Waals surface area (Å²) in [6.07, 6.45) is -1.50. The number of ether oxygens (including phenoxy) is 1. The van der Waals surface area contributed by atoms with Crippen molar-refractivity contribution in [2.45, 2.75) is 45.5 Å². The number of aromatic nitrogens is 5. The van der Waals surface area contributed by atoms with Crippen molar-refractivity contribution in [3.63, 3.8) is 0 Å². The van der Waals surface area contributed by atoms with E-state index in [1.54, 1.807) is 13.8 Å². The molecule has 0 saturated carbocycles. The van der Waals surface area contributed by atoms with E-state index in [1.165, 1.54) is 47.4 Å². The molecule has 0 fully saturated rings. The van der Waals surface area contributed by atoms with Gasteiger partial charge in [0.05, 0.1) is 30.1 Å². The molecule has 0 saturated heterocycles. The van der Waals surface area contributed by atoms with Gasteiger partial charge in [0, 0.05) is 17.7 Å². The van der Waals surface area contributed by atoms with Gasteiger partial charge in [-0.2, -0.15) is 18.3 Å². The van der Waals surface area contributed by atoms with Gasteiger partial charge in [-0.15, -0.1) is 0 Å². The van der Waals surface area contributed by atoms with E-state index in [9.17, 15) is 26.7 Å². The third kappa shape index (κ3) is 6.17. The average molecular weight is 601 g/mol. The van der Waals surface area contributed by atoms with Gasteiger partial charge in [-0.05, 0) is 50.6 Å². The Labute approximate surface area is 242 Å². The minimum absolute atomic E-state index is 0.0530. The molecule has 1 unspecified atom stereocenters. The minimum Gasteiger partial charge on any atom is -0.494 e. The van der Waals surface area contributed by atoms with E-state index in [0.717, 1.165) is 12.1 Å². The number of carbonyl (C=O) groups is 1. The lowest BCUT2D eigenvalue weighted by atomic mass is 10.0. The fraction of sp³-hybridized carbons (Fsp3) is 0.276. The number of nitrogens with one attached hydrogen (secondary N) is 1. The van der Waals surface area contributed by atoms with E-state index < -0.39 is 35.3 Å². The van der Waals surface area contributed by atoms with Crippen molar-refractivity contribution in [2.24, 2.45) is 0 Å². The van der Waals surface area contributed by atoms with Crippen LogP contribution in [0.15, 0.2) is 59.4 Å². The molecule has 9 nitrogen and oxygen atoms in total. The van der Waals surface area contributed by atoms with Crippen LogP contribution in [0.5, 0.6) is 5.75 Å². The highest BCUT2D eigenvalue weighted by Gasteiger charge is 2.36. The van der Waals surface area contributed by atoms with Crippen molar-refractivity contribution < 1.29 is 36.0 Å². The lowest BCUT2D eigenvalue weighted by Crippen LogP contribution is -2.38. The average Bonchev–Trinajstić information content (AvgIpc) is 3.60. The zero-order valence-electron chi connectivity index (χ0n) is 23.1. The van der Waals surface area contributed by atoms with Crippen LogP contribution < -0.4 is 10.1 Å². The molecule has 0 spiro atoms. The summed E-state index contributed by atoms with van der Waals surface area (Å²) in [5.41, 5.74) is -1.16. The maximum Gasteiger partial charge on any atom is 0.417 e. The van der Waals surface area contributed by atoms with Gasteiger partial charge in [0.15, 0.2) is 29.3 Å². The SMILES string of the molecule is CCCOc1ccc(-c2cc(C(C(=O)NC(C)C)n3cc4nc(-c5cccc(F)c5F)nc-4cn3)on2)c(C(F)(F)F)c1. The number of fused-ring (bicyclic) bond motifs is 1. The van der Waals surface area contributed by atoms with Crippen LogP contribution >= 0.6 is 0 Å². The predicted octanol–water partition coefficient (Wildman–Crippen LogP) is 6.30. The van der Waals surface area contributed by atoms with Gasteiger partial charge >= 0.3 is 6.18 Å². The summed E-state index contributed by atoms with van der Waals surface area (Å²) < 4.78 is 82.1. The molecule has 1 atom stereocenters. The zero-order chi connectivity index (χ0) is 30.9. The predicted molar refractivity (Wildman–Crippen MR) is 144 cm³/mol. The van der Waals surface area contributed by atoms with Crippen LogP contribution in [-0.4, -0.2) is 43.5 Å². The summed E-state index contributed by atoms with van der Waals surface area (Å²) in [4.78, 5) is 21.8. The highest BCUT2D eigenvalue weighted by atomic mass is 19.4. The maximum atomic E-state index is 14.4. The summed E-state index contributed by atoms with van der Waals surface area (Å²) in [7, 11) is 0. The third-order valence-corrected chi connectivity index (χ3v) is 6.26. The molecule has 2 aliphatic rings. The van der Waals surface area contributed by atoms with E-state index in [1.807, 2.05) is 6.92 Å². The molecule has 0 aliphatic carbocycles. The molecular formula is C29H25F5N6O3. The summed E-state index contributed by atoms with van der Waals surface area (Å²) >= 11 is 0. The molecule has 224 valence electrons. The number of alkyl halides is 3. The Morgan fingerprint density at radius 1 is 1.05 bits per heavy atom. The van der Waals surface area contributed by atoms with E-state index in [4.69, 9.17) is 9.26 Å². The van der Waals surface area contributed by atoms with Crippen LogP contribution in [0, 0.1) is 11.6 Å². The van der Waals surface area contributed by atoms with Crippen LogP contribution in [0.3, 0.4) is 0 Å². The Morgan fingerprint density at radius 2 is 1.81 bits per heavy atom. The molecular weight excluding hydrogens is 575 g/mol. The molecule has 0 bridgehead atoms. The Balaban J connectivity index is 1.56. The lowest BCUT2D eigenvalue weighted by Gasteiger charge is -2.18. The fourth-order valence-electron chi connectivity index (χ4n) is 4.36. The number of rotatable bonds is 9. The molecule has 3 heterocycles. The number of amides is 1. The van der Waals surface area contributed by atoms with Gasteiger partial charge in [0.25, 0.3) is 5.91 Å². The number of benzene rings is 2. The highest BCUT2D eigenvalue weighted by molar-refractivity contribution is 5.83. The smallest absolute Gasteiger partial charge is 0.417 e. The number of halogens is 5. The Kier molecular flexibility index (Phi) is 8.11. The molecule has 43 heavy (non-hydrogen) atoms. The second-order valence-electron chi connectivity index (χ2n) is 9.91. The largest absolute Gasteiger partial charge is 0.494 e. The van der Waals surface area contributed by atoms with Gasteiger partial charge < -0.3 is 14.6 Å². The molecule has 3 aromatic rings. The number of nitrogens with zero attached hydrogens (tertiary/aromatic N) is 5. The van der Waals surface area contributed by atoms with E-state index in [-0.39, 0.29) is 58.2 Å². The molecule has 2 aliphatic heterocycles. The van der Waals surface area contributed by atoms with Crippen LogP contribution in [0.25, 0.3) is 34.0 Å². The Hall–Kier alpha value is -4.88. The molecule has 1 aromatic heterocycles. The van der Waals surface area contributed by atoms with Gasteiger partial charge in [0.1, 0.15) is 22.8 Å². The van der Waals surface area contributed by atoms with Crippen molar-refractivity contribution in [3.8, 4) is 39.8 Å². The summed E-state index contributed by atoms with van der Waals surface area (Å²) in [5, 5.41) is 10.8. The quantitative estimate of drug-likeness (QED) is 0.198. The van der Waals surface area contributed by atoms with E-state index in [0.29, 0.717) is 6.42 Å². The first kappa shape index (κ1) is 29.6. The zero-order valence-corrected chi connectivity index (χ0v) is 23.1. The lowest BCUT2D eigenvalue weighted by molar-refractivity contribution is -0.137. The van der Waals surface area contributed by atoms with Gasteiger partial charge in [-0.3, -0.25) is 9.48 Å². The van der Waals surface area contributed by atoms with E-state index in [2.05, 4.69) is 25.5 Å². The molecule has 5 rings (SSSR count). The Morgan fingerprint density at radius 3 is 2.53 bits per heavy atom. The topological polar surface area (TPSA) is 108 Å². The summed E-state index contributed by atoms with van der Waals surface area (Å²) in [5.74, 6) is -2.93. The third-order valence-electron chi connectivity index (χ3n) is 6.26. The molecule has 14 heteroatoms. The van der Waals surface area contributed by atoms with E-state index >= 15 is 0 Å². The van der Waals surface area contributed by atoms with Gasteiger partial charge in [0.2, 0.25) is 0 Å². The first-order valence-electron chi connectivity index (χ1n) is 13.2. The van der Waals surface area contributed by atoms with Crippen molar-refractivity contribution in [1.29, 1.82) is 0 Å². The minimum atomic E-state index is -4.73. The first-order valence-corrected chi connectivity index (χ1v) is 13.2. The first-order chi connectivity index (χ1) is 20.5. The van der Waals surface area contributed by atoms with Gasteiger partial charge in [-0.25, -0.2) is 18.7 Å². The molecule has 0 radical (unpaired) electrons. The molecule has 1 amide bonds. The molecule has 1 N–H and O–H groups in total. The Bertz CT molecular complexity index is 1730. The fourth-order valence-corrected chi connectivity index (χ4v) is 4.36. The van der Waals surface area contributed by atoms with Crippen LogP contribution in [0.4, 0.5) is 22.0 Å². The van der Waals surface area contributed by atoms with Crippen molar-refractivity contribution in [2.75, 3.05) is 6.61 Å². The van der Waals surface area contributed by atoms with Crippen molar-refractivity contribution >= 4 is 5.91 Å².